The number of benzene rings is 2. The lowest BCUT2D eigenvalue weighted by Crippen LogP contribution is -2.30. The molecule has 1 atom stereocenters. The van der Waals surface area contributed by atoms with E-state index in [2.05, 4.69) is 0 Å². The lowest BCUT2D eigenvalue weighted by molar-refractivity contribution is -0.130. The molecular weight excluding hydrogens is 434 g/mol. The fourth-order valence-corrected chi connectivity index (χ4v) is 5.95. The van der Waals surface area contributed by atoms with E-state index in [4.69, 9.17) is 4.74 Å². The monoisotopic (exact) mass is 455 g/mol. The molecule has 1 aliphatic rings. The van der Waals surface area contributed by atoms with Crippen LogP contribution in [0.25, 0.3) is 0 Å². The van der Waals surface area contributed by atoms with Gasteiger partial charge in [-0.1, -0.05) is 35.9 Å². The lowest BCUT2D eigenvalue weighted by atomic mass is 10.1. The van der Waals surface area contributed by atoms with Crippen LogP contribution < -0.4 is 4.74 Å². The molecule has 0 bridgehead atoms. The molecule has 31 heavy (non-hydrogen) atoms. The molecule has 160 valence electrons. The molecule has 0 saturated heterocycles. The zero-order valence-electron chi connectivity index (χ0n) is 17.0. The second-order valence-electron chi connectivity index (χ2n) is 7.22. The van der Waals surface area contributed by atoms with Crippen molar-refractivity contribution in [1.29, 1.82) is 0 Å². The van der Waals surface area contributed by atoms with E-state index in [0.29, 0.717) is 11.3 Å². The Morgan fingerprint density at radius 2 is 1.74 bits per heavy atom. The van der Waals surface area contributed by atoms with Crippen molar-refractivity contribution >= 4 is 27.1 Å². The van der Waals surface area contributed by atoms with Crippen LogP contribution in [0.15, 0.2) is 81.6 Å². The van der Waals surface area contributed by atoms with Crippen LogP contribution in [0.3, 0.4) is 0 Å². The Kier molecular flexibility index (Phi) is 5.60. The van der Waals surface area contributed by atoms with E-state index in [1.165, 1.54) is 35.5 Å². The van der Waals surface area contributed by atoms with Gasteiger partial charge in [0.15, 0.2) is 5.76 Å². The largest absolute Gasteiger partial charge is 0.502 e. The van der Waals surface area contributed by atoms with Crippen molar-refractivity contribution in [3.05, 3.63) is 92.7 Å². The first-order chi connectivity index (χ1) is 14.8. The van der Waals surface area contributed by atoms with E-state index in [9.17, 15) is 18.3 Å². The number of aryl methyl sites for hydroxylation is 1. The van der Waals surface area contributed by atoms with Crippen LogP contribution in [0.1, 0.15) is 22.0 Å². The summed E-state index contributed by atoms with van der Waals surface area (Å²) in [5, 5.41) is 12.6. The molecule has 3 aromatic rings. The van der Waals surface area contributed by atoms with Crippen molar-refractivity contribution in [3.8, 4) is 5.75 Å². The van der Waals surface area contributed by atoms with Crippen LogP contribution >= 0.6 is 11.3 Å². The van der Waals surface area contributed by atoms with Gasteiger partial charge in [-0.25, -0.2) is 8.42 Å². The summed E-state index contributed by atoms with van der Waals surface area (Å²) < 4.78 is 32.3. The van der Waals surface area contributed by atoms with Crippen LogP contribution in [-0.4, -0.2) is 31.4 Å². The first-order valence-electron chi connectivity index (χ1n) is 9.55. The highest BCUT2D eigenvalue weighted by Crippen LogP contribution is 2.43. The fraction of sp³-hybridized carbons (Fsp3) is 0.174. The minimum absolute atomic E-state index is 0.0314. The van der Waals surface area contributed by atoms with Gasteiger partial charge in [0.25, 0.3) is 5.91 Å². The van der Waals surface area contributed by atoms with Gasteiger partial charge < -0.3 is 14.7 Å². The first kappa shape index (κ1) is 21.1. The van der Waals surface area contributed by atoms with Gasteiger partial charge in [0.1, 0.15) is 10.7 Å². The van der Waals surface area contributed by atoms with E-state index in [1.54, 1.807) is 36.4 Å². The van der Waals surface area contributed by atoms with E-state index < -0.39 is 27.5 Å². The molecule has 1 aromatic heterocycles. The Morgan fingerprint density at radius 1 is 1.06 bits per heavy atom. The van der Waals surface area contributed by atoms with Gasteiger partial charge in [-0.15, -0.1) is 11.3 Å². The molecule has 0 aliphatic carbocycles. The minimum atomic E-state index is -4.12. The van der Waals surface area contributed by atoms with Crippen molar-refractivity contribution in [1.82, 2.24) is 4.90 Å². The van der Waals surface area contributed by atoms with E-state index >= 15 is 0 Å². The molecule has 0 radical (unpaired) electrons. The van der Waals surface area contributed by atoms with E-state index in [0.717, 1.165) is 10.4 Å². The summed E-state index contributed by atoms with van der Waals surface area (Å²) in [5.74, 6) is -0.841. The highest BCUT2D eigenvalue weighted by molar-refractivity contribution is 7.95. The maximum absolute atomic E-state index is 13.5. The number of carbonyl (C=O) groups excluding carboxylic acids is 1. The lowest BCUT2D eigenvalue weighted by Gasteiger charge is -2.26. The zero-order chi connectivity index (χ0) is 22.2. The van der Waals surface area contributed by atoms with E-state index in [-0.39, 0.29) is 16.3 Å². The van der Waals surface area contributed by atoms with Gasteiger partial charge in [-0.2, -0.15) is 0 Å². The Hall–Kier alpha value is -3.10. The molecule has 0 fully saturated rings. The maximum atomic E-state index is 13.5. The Labute approximate surface area is 184 Å². The smallest absolute Gasteiger partial charge is 0.290 e. The number of sulfone groups is 1. The summed E-state index contributed by atoms with van der Waals surface area (Å²) in [4.78, 5) is 15.0. The molecular formula is C23H21NO5S2. The quantitative estimate of drug-likeness (QED) is 0.596. The average molecular weight is 456 g/mol. The summed E-state index contributed by atoms with van der Waals surface area (Å²) >= 11 is 1.46. The second-order valence-corrected chi connectivity index (χ2v) is 10.2. The highest BCUT2D eigenvalue weighted by atomic mass is 32.2. The second kappa shape index (κ2) is 8.20. The number of ether oxygens (including phenoxy) is 1. The standard InChI is InChI=1S/C23H21NO5S2/c1-15-5-11-19(12-6-15)31(27,28)22-20(16-7-9-17(29-2)10-8-16)24(23(26)21(22)25)14-18-4-3-13-30-18/h3-13,20,25H,14H2,1-2H3. The van der Waals surface area contributed by atoms with Gasteiger partial charge in [0.2, 0.25) is 9.84 Å². The number of carbonyl (C=O) groups is 1. The predicted molar refractivity (Wildman–Crippen MR) is 119 cm³/mol. The zero-order valence-corrected chi connectivity index (χ0v) is 18.6. The van der Waals surface area contributed by atoms with Crippen molar-refractivity contribution in [2.45, 2.75) is 24.4 Å². The predicted octanol–water partition coefficient (Wildman–Crippen LogP) is 4.39. The third-order valence-electron chi connectivity index (χ3n) is 5.22. The van der Waals surface area contributed by atoms with Crippen molar-refractivity contribution < 1.29 is 23.1 Å². The topological polar surface area (TPSA) is 83.9 Å². The third kappa shape index (κ3) is 3.84. The Balaban J connectivity index is 1.85. The molecule has 2 aromatic carbocycles. The summed E-state index contributed by atoms with van der Waals surface area (Å²) in [6.45, 7) is 2.04. The number of amides is 1. The summed E-state index contributed by atoms with van der Waals surface area (Å²) in [6, 6.07) is 16.0. The molecule has 1 amide bonds. The van der Waals surface area contributed by atoms with E-state index in [1.807, 2.05) is 24.4 Å². The molecule has 2 heterocycles. The molecule has 4 rings (SSSR count). The van der Waals surface area contributed by atoms with Gasteiger partial charge >= 0.3 is 0 Å². The van der Waals surface area contributed by atoms with Crippen LogP contribution in [0.5, 0.6) is 5.75 Å². The van der Waals surface area contributed by atoms with Gasteiger partial charge in [0.05, 0.1) is 24.6 Å². The average Bonchev–Trinajstić information content (AvgIpc) is 3.37. The summed E-state index contributed by atoms with van der Waals surface area (Å²) in [5.41, 5.74) is 1.48. The first-order valence-corrected chi connectivity index (χ1v) is 11.9. The number of nitrogens with zero attached hydrogens (tertiary/aromatic N) is 1. The van der Waals surface area contributed by atoms with Crippen molar-refractivity contribution in [2.24, 2.45) is 0 Å². The number of hydrogen-bond acceptors (Lipinski definition) is 6. The number of thiophene rings is 1. The number of aliphatic hydroxyl groups excluding tert-OH is 1. The number of methoxy groups -OCH3 is 1. The molecule has 0 spiro atoms. The Bertz CT molecular complexity index is 1230. The third-order valence-corrected chi connectivity index (χ3v) is 7.97. The number of aliphatic hydroxyl groups is 1. The molecule has 8 heteroatoms. The van der Waals surface area contributed by atoms with Crippen LogP contribution in [0, 0.1) is 6.92 Å². The normalized spacial score (nSPS) is 16.8. The van der Waals surface area contributed by atoms with Crippen molar-refractivity contribution in [3.63, 3.8) is 0 Å². The molecule has 6 nitrogen and oxygen atoms in total. The van der Waals surface area contributed by atoms with Gasteiger partial charge in [-0.05, 0) is 48.2 Å². The molecule has 1 unspecified atom stereocenters. The summed E-state index contributed by atoms with van der Waals surface area (Å²) in [7, 11) is -2.59. The minimum Gasteiger partial charge on any atom is -0.502 e. The fourth-order valence-electron chi connectivity index (χ4n) is 3.60. The molecule has 1 N–H and O–H groups in total. The van der Waals surface area contributed by atoms with Gasteiger partial charge in [-0.3, -0.25) is 4.79 Å². The highest BCUT2D eigenvalue weighted by Gasteiger charge is 2.46. The molecule has 0 saturated carbocycles. The van der Waals surface area contributed by atoms with Gasteiger partial charge in [0, 0.05) is 4.88 Å². The maximum Gasteiger partial charge on any atom is 0.290 e. The number of rotatable bonds is 6. The molecule has 1 aliphatic heterocycles. The van der Waals surface area contributed by atoms with Crippen LogP contribution in [0.2, 0.25) is 0 Å². The van der Waals surface area contributed by atoms with Crippen molar-refractivity contribution in [2.75, 3.05) is 7.11 Å². The van der Waals surface area contributed by atoms with Crippen LogP contribution in [-0.2, 0) is 21.2 Å². The number of hydrogen-bond donors (Lipinski definition) is 1. The van der Waals surface area contributed by atoms with Crippen LogP contribution in [0.4, 0.5) is 0 Å². The Morgan fingerprint density at radius 3 is 2.32 bits per heavy atom. The SMILES string of the molecule is COc1ccc(C2C(S(=O)(=O)c3ccc(C)cc3)=C(O)C(=O)N2Cc2cccs2)cc1. The summed E-state index contributed by atoms with van der Waals surface area (Å²) in [6.07, 6.45) is 0.